The minimum atomic E-state index is -0.890. The zero-order chi connectivity index (χ0) is 17.4. The lowest BCUT2D eigenvalue weighted by Gasteiger charge is -2.43. The summed E-state index contributed by atoms with van der Waals surface area (Å²) in [6.45, 7) is 6.59. The van der Waals surface area contributed by atoms with Crippen LogP contribution in [-0.2, 0) is 28.5 Å². The second-order valence-electron chi connectivity index (χ2n) is 5.28. The number of hydrogen-bond donors (Lipinski definition) is 0. The van der Waals surface area contributed by atoms with E-state index in [-0.39, 0.29) is 25.2 Å². The van der Waals surface area contributed by atoms with E-state index in [9.17, 15) is 9.59 Å². The fourth-order valence-electron chi connectivity index (χ4n) is 2.58. The van der Waals surface area contributed by atoms with Crippen LogP contribution in [0.15, 0.2) is 5.11 Å². The molecule has 5 atom stereocenters. The maximum Gasteiger partial charge on any atom is 0.303 e. The number of carbonyl (C=O) groups is 2. The van der Waals surface area contributed by atoms with Gasteiger partial charge in [-0.1, -0.05) is 19.0 Å². The molecule has 0 saturated carbocycles. The van der Waals surface area contributed by atoms with Crippen molar-refractivity contribution in [2.75, 3.05) is 13.2 Å². The highest BCUT2D eigenvalue weighted by Crippen LogP contribution is 2.32. The first-order chi connectivity index (χ1) is 10.9. The van der Waals surface area contributed by atoms with Crippen LogP contribution < -0.4 is 0 Å². The lowest BCUT2D eigenvalue weighted by Crippen LogP contribution is -2.57. The molecule has 0 aromatic heterocycles. The average Bonchev–Trinajstić information content (AvgIpc) is 2.48. The van der Waals surface area contributed by atoms with Gasteiger partial charge in [0.05, 0.1) is 12.7 Å². The number of esters is 2. The van der Waals surface area contributed by atoms with Crippen molar-refractivity contribution < 1.29 is 28.5 Å². The molecule has 1 aliphatic rings. The van der Waals surface area contributed by atoms with Gasteiger partial charge in [0.15, 0.2) is 12.4 Å². The van der Waals surface area contributed by atoms with E-state index in [0.29, 0.717) is 6.42 Å². The van der Waals surface area contributed by atoms with Crippen molar-refractivity contribution in [2.45, 2.75) is 58.7 Å². The molecule has 0 aliphatic carbocycles. The van der Waals surface area contributed by atoms with Crippen molar-refractivity contribution in [2.24, 2.45) is 11.0 Å². The molecule has 0 N–H and O–H groups in total. The van der Waals surface area contributed by atoms with Crippen LogP contribution in [-0.4, -0.2) is 49.7 Å². The smallest absolute Gasteiger partial charge is 0.303 e. The Morgan fingerprint density at radius 1 is 1.22 bits per heavy atom. The summed E-state index contributed by atoms with van der Waals surface area (Å²) in [5.41, 5.74) is 8.27. The van der Waals surface area contributed by atoms with Gasteiger partial charge in [-0.2, -0.15) is 0 Å². The summed E-state index contributed by atoms with van der Waals surface area (Å²) in [6.07, 6.45) is -1.96. The van der Waals surface area contributed by atoms with E-state index < -0.39 is 30.4 Å². The second-order valence-corrected chi connectivity index (χ2v) is 5.28. The zero-order valence-corrected chi connectivity index (χ0v) is 13.8. The molecule has 1 fully saturated rings. The van der Waals surface area contributed by atoms with E-state index in [1.807, 2.05) is 13.8 Å². The van der Waals surface area contributed by atoms with Gasteiger partial charge >= 0.3 is 11.9 Å². The van der Waals surface area contributed by atoms with E-state index in [1.165, 1.54) is 13.8 Å². The Morgan fingerprint density at radius 3 is 2.35 bits per heavy atom. The highest BCUT2D eigenvalue weighted by molar-refractivity contribution is 5.67. The van der Waals surface area contributed by atoms with Crippen LogP contribution >= 0.6 is 0 Å². The zero-order valence-electron chi connectivity index (χ0n) is 13.8. The molecule has 1 rings (SSSR count). The van der Waals surface area contributed by atoms with Crippen molar-refractivity contribution in [3.05, 3.63) is 10.4 Å². The normalized spacial score (nSPS) is 30.2. The van der Waals surface area contributed by atoms with Crippen molar-refractivity contribution in [3.8, 4) is 0 Å². The summed E-state index contributed by atoms with van der Waals surface area (Å²) in [6, 6.07) is 0. The van der Waals surface area contributed by atoms with E-state index in [1.54, 1.807) is 0 Å². The van der Waals surface area contributed by atoms with Crippen molar-refractivity contribution in [1.82, 2.24) is 0 Å². The van der Waals surface area contributed by atoms with E-state index in [0.717, 1.165) is 0 Å². The summed E-state index contributed by atoms with van der Waals surface area (Å²) in [5, 5.41) is 3.37. The molecule has 130 valence electrons. The molecule has 23 heavy (non-hydrogen) atoms. The SMILES string of the molecule is CC[C@H]1OC(OCCN=[N+]=[N-])[C@H](OC(C)=O)[C@@H](OC(C)=O)[C@@H]1C. The molecule has 0 amide bonds. The van der Waals surface area contributed by atoms with E-state index >= 15 is 0 Å². The Bertz CT molecular complexity index is 465. The highest BCUT2D eigenvalue weighted by Gasteiger charge is 2.47. The van der Waals surface area contributed by atoms with Crippen LogP contribution in [0.2, 0.25) is 0 Å². The Hall–Kier alpha value is -1.83. The second kappa shape index (κ2) is 9.34. The maximum atomic E-state index is 11.4. The first-order valence-electron chi connectivity index (χ1n) is 7.53. The predicted octanol–water partition coefficient (Wildman–Crippen LogP) is 1.95. The summed E-state index contributed by atoms with van der Waals surface area (Å²) in [4.78, 5) is 25.4. The van der Waals surface area contributed by atoms with Crippen LogP contribution in [0, 0.1) is 5.92 Å². The molecule has 1 saturated heterocycles. The summed E-state index contributed by atoms with van der Waals surface area (Å²) in [7, 11) is 0. The van der Waals surface area contributed by atoms with Crippen LogP contribution in [0.3, 0.4) is 0 Å². The first-order valence-corrected chi connectivity index (χ1v) is 7.53. The van der Waals surface area contributed by atoms with Gasteiger partial charge in [0, 0.05) is 31.2 Å². The quantitative estimate of drug-likeness (QED) is 0.231. The van der Waals surface area contributed by atoms with Gasteiger partial charge < -0.3 is 18.9 Å². The largest absolute Gasteiger partial charge is 0.458 e. The minimum Gasteiger partial charge on any atom is -0.458 e. The third-order valence-electron chi connectivity index (χ3n) is 3.55. The summed E-state index contributed by atoms with van der Waals surface area (Å²) >= 11 is 0. The van der Waals surface area contributed by atoms with Crippen LogP contribution in [0.1, 0.15) is 34.1 Å². The van der Waals surface area contributed by atoms with E-state index in [2.05, 4.69) is 10.0 Å². The number of ether oxygens (including phenoxy) is 4. The molecule has 9 heteroatoms. The van der Waals surface area contributed by atoms with Gasteiger partial charge in [-0.3, -0.25) is 9.59 Å². The Kier molecular flexibility index (Phi) is 7.80. The fourth-order valence-corrected chi connectivity index (χ4v) is 2.58. The molecule has 9 nitrogen and oxygen atoms in total. The number of rotatable bonds is 7. The van der Waals surface area contributed by atoms with Gasteiger partial charge in [0.2, 0.25) is 0 Å². The van der Waals surface area contributed by atoms with Crippen LogP contribution in [0.4, 0.5) is 0 Å². The van der Waals surface area contributed by atoms with Gasteiger partial charge in [0.1, 0.15) is 6.10 Å². The standard InChI is InChI=1S/C14H23N3O6/c1-5-11-8(2)12(21-9(3)18)13(22-10(4)19)14(23-11)20-7-6-16-17-15/h8,11-14H,5-7H2,1-4H3/t8-,11-,12+,13-,14?/m1/s1. The van der Waals surface area contributed by atoms with Gasteiger partial charge in [-0.25, -0.2) is 0 Å². The molecule has 1 aliphatic heterocycles. The van der Waals surface area contributed by atoms with Gasteiger partial charge in [0.25, 0.3) is 0 Å². The molecule has 0 aromatic rings. The van der Waals surface area contributed by atoms with Crippen molar-refractivity contribution >= 4 is 11.9 Å². The Morgan fingerprint density at radius 2 is 1.83 bits per heavy atom. The van der Waals surface area contributed by atoms with Crippen molar-refractivity contribution in [1.29, 1.82) is 0 Å². The van der Waals surface area contributed by atoms with Crippen LogP contribution in [0.25, 0.3) is 10.4 Å². The van der Waals surface area contributed by atoms with Gasteiger partial charge in [-0.05, 0) is 12.0 Å². The number of hydrogen-bond acceptors (Lipinski definition) is 7. The summed E-state index contributed by atoms with van der Waals surface area (Å²) < 4.78 is 22.0. The van der Waals surface area contributed by atoms with Crippen molar-refractivity contribution in [3.63, 3.8) is 0 Å². The molecule has 0 spiro atoms. The first kappa shape index (κ1) is 19.2. The van der Waals surface area contributed by atoms with Crippen LogP contribution in [0.5, 0.6) is 0 Å². The third kappa shape index (κ3) is 5.70. The lowest BCUT2D eigenvalue weighted by atomic mass is 9.89. The molecule has 1 heterocycles. The maximum absolute atomic E-state index is 11.4. The topological polar surface area (TPSA) is 120 Å². The summed E-state index contributed by atoms with van der Waals surface area (Å²) in [5.74, 6) is -1.16. The minimum absolute atomic E-state index is 0.101. The molecule has 1 unspecified atom stereocenters. The lowest BCUT2D eigenvalue weighted by molar-refractivity contribution is -0.289. The monoisotopic (exact) mass is 329 g/mol. The fraction of sp³-hybridized carbons (Fsp3) is 0.857. The number of carbonyl (C=O) groups excluding carboxylic acids is 2. The van der Waals surface area contributed by atoms with E-state index in [4.69, 9.17) is 24.5 Å². The Balaban J connectivity index is 2.93. The molecule has 0 bridgehead atoms. The molecule has 0 radical (unpaired) electrons. The molecule has 0 aromatic carbocycles. The Labute approximate surface area is 134 Å². The highest BCUT2D eigenvalue weighted by atomic mass is 16.7. The molecular formula is C14H23N3O6. The molecular weight excluding hydrogens is 306 g/mol. The number of azide groups is 1. The predicted molar refractivity (Wildman–Crippen MR) is 79.2 cm³/mol. The third-order valence-corrected chi connectivity index (χ3v) is 3.55. The number of nitrogens with zero attached hydrogens (tertiary/aromatic N) is 3. The average molecular weight is 329 g/mol. The van der Waals surface area contributed by atoms with Gasteiger partial charge in [-0.15, -0.1) is 0 Å².